The lowest BCUT2D eigenvalue weighted by atomic mass is 9.89. The highest BCUT2D eigenvalue weighted by atomic mass is 15.2. The highest BCUT2D eigenvalue weighted by Crippen LogP contribution is 2.30. The van der Waals surface area contributed by atoms with E-state index >= 15 is 0 Å². The Morgan fingerprint density at radius 3 is 1.92 bits per heavy atom. The predicted molar refractivity (Wildman–Crippen MR) is 118 cm³/mol. The van der Waals surface area contributed by atoms with E-state index in [4.69, 9.17) is 5.26 Å². The van der Waals surface area contributed by atoms with Gasteiger partial charge in [-0.2, -0.15) is 5.26 Å². The molecule has 1 atom stereocenters. The summed E-state index contributed by atoms with van der Waals surface area (Å²) in [5.41, 5.74) is 4.93. The number of rotatable bonds is 9. The van der Waals surface area contributed by atoms with Crippen LogP contribution in [0.25, 0.3) is 0 Å². The van der Waals surface area contributed by atoms with Gasteiger partial charge < -0.3 is 4.90 Å². The monoisotopic (exact) mass is 358 g/mol. The summed E-state index contributed by atoms with van der Waals surface area (Å²) >= 11 is 0. The summed E-state index contributed by atoms with van der Waals surface area (Å²) in [5, 5.41) is 7.89. The Balaban J connectivity index is 0. The van der Waals surface area contributed by atoms with Gasteiger partial charge in [-0.1, -0.05) is 51.2 Å². The zero-order valence-electron chi connectivity index (χ0n) is 18.9. The minimum Gasteiger partial charge on any atom is -0.370 e. The molecule has 0 spiro atoms. The second-order valence-electron chi connectivity index (χ2n) is 7.54. The van der Waals surface area contributed by atoms with Crippen LogP contribution < -0.4 is 0 Å². The van der Waals surface area contributed by atoms with E-state index in [0.29, 0.717) is 0 Å². The molecule has 0 fully saturated rings. The fourth-order valence-electron chi connectivity index (χ4n) is 2.77. The second kappa shape index (κ2) is 13.5. The Labute approximate surface area is 164 Å². The second-order valence-corrected chi connectivity index (χ2v) is 7.54. The maximum atomic E-state index is 7.89. The summed E-state index contributed by atoms with van der Waals surface area (Å²) < 4.78 is 0. The fraction of sp³-hybridized carbons (Fsp3) is 0.625. The fourth-order valence-corrected chi connectivity index (χ4v) is 2.77. The van der Waals surface area contributed by atoms with E-state index in [2.05, 4.69) is 71.8 Å². The quantitative estimate of drug-likeness (QED) is 0.401. The third-order valence-electron chi connectivity index (χ3n) is 4.83. The molecule has 0 aliphatic heterocycles. The number of hydrogen-bond donors (Lipinski definition) is 0. The van der Waals surface area contributed by atoms with Crippen LogP contribution in [0.3, 0.4) is 0 Å². The Morgan fingerprint density at radius 2 is 1.62 bits per heavy atom. The first kappa shape index (κ1) is 26.5. The minimum absolute atomic E-state index is 0.190. The normalized spacial score (nSPS) is 14.0. The molecule has 0 rings (SSSR count). The van der Waals surface area contributed by atoms with Crippen LogP contribution in [0.2, 0.25) is 0 Å². The van der Waals surface area contributed by atoms with Crippen molar-refractivity contribution in [2.24, 2.45) is 5.92 Å². The summed E-state index contributed by atoms with van der Waals surface area (Å²) in [7, 11) is 0. The van der Waals surface area contributed by atoms with E-state index in [1.807, 2.05) is 26.8 Å². The van der Waals surface area contributed by atoms with Crippen LogP contribution in [-0.4, -0.2) is 17.0 Å². The molecule has 0 amide bonds. The smallest absolute Gasteiger partial charge is 0.0649 e. The molecular formula is C24H42N2. The van der Waals surface area contributed by atoms with Crippen LogP contribution in [0, 0.1) is 17.2 Å². The lowest BCUT2D eigenvalue weighted by molar-refractivity contribution is 0.135. The van der Waals surface area contributed by atoms with E-state index in [9.17, 15) is 0 Å². The van der Waals surface area contributed by atoms with Gasteiger partial charge in [-0.25, -0.2) is 0 Å². The van der Waals surface area contributed by atoms with Gasteiger partial charge in [0.2, 0.25) is 0 Å². The molecule has 0 bridgehead atoms. The van der Waals surface area contributed by atoms with E-state index in [0.717, 1.165) is 17.7 Å². The number of nitrogens with zero attached hydrogens (tertiary/aromatic N) is 2. The molecule has 0 heterocycles. The average Bonchev–Trinajstić information content (AvgIpc) is 2.60. The maximum absolute atomic E-state index is 7.89. The van der Waals surface area contributed by atoms with Crippen molar-refractivity contribution in [2.75, 3.05) is 6.54 Å². The van der Waals surface area contributed by atoms with Gasteiger partial charge in [0.25, 0.3) is 0 Å². The predicted octanol–water partition coefficient (Wildman–Crippen LogP) is 7.43. The van der Waals surface area contributed by atoms with Gasteiger partial charge in [0, 0.05) is 23.7 Å². The number of nitriles is 1. The summed E-state index contributed by atoms with van der Waals surface area (Å²) in [4.78, 5) is 2.56. The maximum Gasteiger partial charge on any atom is 0.0649 e. The van der Waals surface area contributed by atoms with Gasteiger partial charge in [0.1, 0.15) is 0 Å². The third-order valence-corrected chi connectivity index (χ3v) is 4.83. The highest BCUT2D eigenvalue weighted by Gasteiger charge is 2.28. The summed E-state index contributed by atoms with van der Waals surface area (Å²) in [5.74, 6) is 0.190. The summed E-state index contributed by atoms with van der Waals surface area (Å²) in [6.45, 7) is 28.3. The average molecular weight is 359 g/mol. The van der Waals surface area contributed by atoms with Crippen molar-refractivity contribution < 1.29 is 0 Å². The molecule has 0 saturated heterocycles. The Bertz CT molecular complexity index is 543. The van der Waals surface area contributed by atoms with Crippen molar-refractivity contribution >= 4 is 0 Å². The third kappa shape index (κ3) is 9.66. The number of hydrogen-bond acceptors (Lipinski definition) is 2. The van der Waals surface area contributed by atoms with Crippen molar-refractivity contribution in [2.45, 2.75) is 87.1 Å². The zero-order chi connectivity index (χ0) is 20.9. The minimum atomic E-state index is 0.190. The van der Waals surface area contributed by atoms with Gasteiger partial charge in [0.15, 0.2) is 0 Å². The molecule has 0 aromatic rings. The molecule has 0 N–H and O–H groups in total. The van der Waals surface area contributed by atoms with Gasteiger partial charge in [-0.15, -0.1) is 0 Å². The largest absolute Gasteiger partial charge is 0.370 e. The molecule has 0 aliphatic rings. The van der Waals surface area contributed by atoms with E-state index < -0.39 is 0 Å². The van der Waals surface area contributed by atoms with E-state index in [1.54, 1.807) is 0 Å². The first-order chi connectivity index (χ1) is 12.0. The molecule has 0 unspecified atom stereocenters. The lowest BCUT2D eigenvalue weighted by Gasteiger charge is -2.43. The summed E-state index contributed by atoms with van der Waals surface area (Å²) in [6.07, 6.45) is 7.84. The Kier molecular flexibility index (Phi) is 13.7. The van der Waals surface area contributed by atoms with Gasteiger partial charge in [-0.3, -0.25) is 0 Å². The highest BCUT2D eigenvalue weighted by molar-refractivity contribution is 5.37. The van der Waals surface area contributed by atoms with E-state index in [1.165, 1.54) is 30.5 Å². The molecule has 2 nitrogen and oxygen atoms in total. The number of allylic oxidation sites excluding steroid dienone is 6. The van der Waals surface area contributed by atoms with Crippen molar-refractivity contribution in [3.05, 3.63) is 47.7 Å². The first-order valence-corrected chi connectivity index (χ1v) is 9.88. The SMILES string of the molecule is C=C(C)C(=C)/C=C\C(C)=C(/C)N(CC)[C@](C)(CC)CCC.CC(C)C#N. The first-order valence-electron chi connectivity index (χ1n) is 9.88. The van der Waals surface area contributed by atoms with Crippen LogP contribution in [0.1, 0.15) is 81.6 Å². The van der Waals surface area contributed by atoms with E-state index in [-0.39, 0.29) is 11.5 Å². The van der Waals surface area contributed by atoms with Gasteiger partial charge in [-0.05, 0) is 72.5 Å². The van der Waals surface area contributed by atoms with Crippen molar-refractivity contribution in [1.82, 2.24) is 4.90 Å². The molecule has 0 radical (unpaired) electrons. The summed E-state index contributed by atoms with van der Waals surface area (Å²) in [6, 6.07) is 2.03. The van der Waals surface area contributed by atoms with Crippen molar-refractivity contribution in [3.63, 3.8) is 0 Å². The molecule has 0 saturated carbocycles. The van der Waals surface area contributed by atoms with Crippen LogP contribution >= 0.6 is 0 Å². The zero-order valence-corrected chi connectivity index (χ0v) is 18.9. The molecule has 0 aromatic carbocycles. The Hall–Kier alpha value is -1.75. The molecular weight excluding hydrogens is 316 g/mol. The molecule has 148 valence electrons. The van der Waals surface area contributed by atoms with Crippen LogP contribution in [0.4, 0.5) is 0 Å². The van der Waals surface area contributed by atoms with Gasteiger partial charge >= 0.3 is 0 Å². The Morgan fingerprint density at radius 1 is 1.12 bits per heavy atom. The van der Waals surface area contributed by atoms with Crippen molar-refractivity contribution in [3.8, 4) is 6.07 Å². The van der Waals surface area contributed by atoms with Crippen LogP contribution in [-0.2, 0) is 0 Å². The lowest BCUT2D eigenvalue weighted by Crippen LogP contribution is -2.44. The molecule has 0 aromatic heterocycles. The molecule has 2 heteroatoms. The van der Waals surface area contributed by atoms with Gasteiger partial charge in [0.05, 0.1) is 6.07 Å². The molecule has 26 heavy (non-hydrogen) atoms. The standard InChI is InChI=1S/C20H35N.C4H7N/c1-10-15-20(9,11-2)21(12-3)19(8)18(7)14-13-17(6)16(4)5;1-4(2)3-5/h13-14H,4,6,10-12,15H2,1-3,5,7-9H3;4H,1-2H3/b14-13-,19-18+;/t20-;/m1./s1. The topological polar surface area (TPSA) is 27.0 Å². The van der Waals surface area contributed by atoms with Crippen molar-refractivity contribution in [1.29, 1.82) is 5.26 Å². The van der Waals surface area contributed by atoms with Crippen LogP contribution in [0.15, 0.2) is 47.7 Å². The molecule has 0 aliphatic carbocycles. The van der Waals surface area contributed by atoms with Crippen LogP contribution in [0.5, 0.6) is 0 Å².